The van der Waals surface area contributed by atoms with Crippen molar-refractivity contribution in [3.63, 3.8) is 0 Å². The van der Waals surface area contributed by atoms with E-state index < -0.39 is 5.60 Å². The molecule has 7 nitrogen and oxygen atoms in total. The molecule has 2 fully saturated rings. The van der Waals surface area contributed by atoms with Gasteiger partial charge in [0.15, 0.2) is 11.7 Å². The third kappa shape index (κ3) is 5.86. The number of hydrogen-bond acceptors (Lipinski definition) is 6. The molecule has 190 valence electrons. The van der Waals surface area contributed by atoms with Crippen molar-refractivity contribution >= 4 is 11.9 Å². The van der Waals surface area contributed by atoms with Crippen molar-refractivity contribution in [3.05, 3.63) is 54.3 Å². The van der Waals surface area contributed by atoms with Crippen molar-refractivity contribution in [1.29, 1.82) is 0 Å². The Labute approximate surface area is 211 Å². The minimum atomic E-state index is -0.521. The Balaban J connectivity index is 1.39. The van der Waals surface area contributed by atoms with Gasteiger partial charge in [0.1, 0.15) is 22.9 Å². The third-order valence-corrected chi connectivity index (χ3v) is 6.55. The summed E-state index contributed by atoms with van der Waals surface area (Å²) in [4.78, 5) is 23.6. The van der Waals surface area contributed by atoms with E-state index in [-0.39, 0.29) is 17.8 Å². The van der Waals surface area contributed by atoms with Crippen molar-refractivity contribution in [2.45, 2.75) is 58.0 Å². The van der Waals surface area contributed by atoms with Gasteiger partial charge < -0.3 is 19.4 Å². The van der Waals surface area contributed by atoms with Crippen LogP contribution in [0.3, 0.4) is 0 Å². The third-order valence-electron chi connectivity index (χ3n) is 6.55. The Morgan fingerprint density at radius 2 is 1.83 bits per heavy atom. The number of pyridine rings is 1. The van der Waals surface area contributed by atoms with Gasteiger partial charge in [-0.05, 0) is 88.8 Å². The first-order chi connectivity index (χ1) is 17.2. The van der Waals surface area contributed by atoms with Crippen LogP contribution in [-0.4, -0.2) is 46.2 Å². The minimum Gasteiger partial charge on any atom is -0.444 e. The van der Waals surface area contributed by atoms with Crippen molar-refractivity contribution in [3.8, 4) is 22.6 Å². The second-order valence-corrected chi connectivity index (χ2v) is 10.7. The molecule has 1 aliphatic carbocycles. The zero-order chi connectivity index (χ0) is 25.3. The van der Waals surface area contributed by atoms with Crippen molar-refractivity contribution in [2.24, 2.45) is 5.92 Å². The topological polar surface area (TPSA) is 80.5 Å². The summed E-state index contributed by atoms with van der Waals surface area (Å²) >= 11 is 0. The van der Waals surface area contributed by atoms with Gasteiger partial charge in [-0.3, -0.25) is 0 Å². The Bertz CT molecular complexity index is 1210. The van der Waals surface area contributed by atoms with Crippen LogP contribution in [0, 0.1) is 11.7 Å². The number of piperidine rings is 1. The van der Waals surface area contributed by atoms with Crippen LogP contribution in [0.2, 0.25) is 0 Å². The molecular formula is C28H33FN4O3. The summed E-state index contributed by atoms with van der Waals surface area (Å²) in [6.45, 7) is 7.68. The molecule has 0 radical (unpaired) electrons. The summed E-state index contributed by atoms with van der Waals surface area (Å²) in [6.07, 6.45) is 5.46. The predicted octanol–water partition coefficient (Wildman–Crippen LogP) is 6.48. The van der Waals surface area contributed by atoms with Crippen LogP contribution in [0.1, 0.15) is 58.3 Å². The second-order valence-electron chi connectivity index (χ2n) is 10.7. The number of halogens is 1. The monoisotopic (exact) mass is 492 g/mol. The molecule has 5 rings (SSSR count). The number of likely N-dealkylation sites (tertiary alicyclic amines) is 1. The lowest BCUT2D eigenvalue weighted by Gasteiger charge is -2.32. The lowest BCUT2D eigenvalue weighted by atomic mass is 9.97. The molecule has 0 spiro atoms. The number of rotatable bonds is 6. The summed E-state index contributed by atoms with van der Waals surface area (Å²) in [5, 5.41) is 3.41. The number of oxazole rings is 1. The highest BCUT2D eigenvalue weighted by Gasteiger charge is 2.31. The number of ether oxygens (including phenoxy) is 1. The van der Waals surface area contributed by atoms with Gasteiger partial charge in [0.05, 0.1) is 0 Å². The van der Waals surface area contributed by atoms with Crippen LogP contribution in [-0.2, 0) is 4.74 Å². The molecule has 0 bridgehead atoms. The zero-order valence-electron chi connectivity index (χ0n) is 21.1. The van der Waals surface area contributed by atoms with Gasteiger partial charge in [0.25, 0.3) is 0 Å². The van der Waals surface area contributed by atoms with E-state index in [1.54, 1.807) is 23.2 Å². The molecule has 3 aromatic rings. The molecule has 36 heavy (non-hydrogen) atoms. The summed E-state index contributed by atoms with van der Waals surface area (Å²) < 4.78 is 25.6. The van der Waals surface area contributed by atoms with E-state index in [9.17, 15) is 9.18 Å². The number of aromatic nitrogens is 2. The molecule has 0 unspecified atom stereocenters. The highest BCUT2D eigenvalue weighted by Crippen LogP contribution is 2.38. The maximum absolute atomic E-state index is 13.6. The summed E-state index contributed by atoms with van der Waals surface area (Å²) in [7, 11) is 0. The maximum Gasteiger partial charge on any atom is 0.410 e. The number of carbonyl (C=O) groups excluding carboxylic acids is 1. The maximum atomic E-state index is 13.6. The number of nitrogens with one attached hydrogen (secondary N) is 1. The van der Waals surface area contributed by atoms with Gasteiger partial charge >= 0.3 is 6.09 Å². The van der Waals surface area contributed by atoms with Gasteiger partial charge in [-0.1, -0.05) is 0 Å². The number of benzene rings is 1. The fourth-order valence-electron chi connectivity index (χ4n) is 4.39. The average Bonchev–Trinajstić information content (AvgIpc) is 3.58. The fraction of sp³-hybridized carbons (Fsp3) is 0.464. The highest BCUT2D eigenvalue weighted by atomic mass is 19.1. The van der Waals surface area contributed by atoms with Gasteiger partial charge in [-0.15, -0.1) is 0 Å². The van der Waals surface area contributed by atoms with Crippen molar-refractivity contribution in [2.75, 3.05) is 25.0 Å². The fourth-order valence-corrected chi connectivity index (χ4v) is 4.39. The van der Waals surface area contributed by atoms with E-state index in [0.717, 1.165) is 42.2 Å². The van der Waals surface area contributed by atoms with E-state index in [0.29, 0.717) is 30.4 Å². The molecule has 1 N–H and O–H groups in total. The lowest BCUT2D eigenvalue weighted by Crippen LogP contribution is -2.41. The van der Waals surface area contributed by atoms with Gasteiger partial charge in [-0.25, -0.2) is 19.2 Å². The largest absolute Gasteiger partial charge is 0.444 e. The Morgan fingerprint density at radius 3 is 2.50 bits per heavy atom. The van der Waals surface area contributed by atoms with Gasteiger partial charge in [0, 0.05) is 42.9 Å². The average molecular weight is 493 g/mol. The Hall–Kier alpha value is -3.42. The zero-order valence-corrected chi connectivity index (χ0v) is 21.1. The summed E-state index contributed by atoms with van der Waals surface area (Å²) in [6, 6.07) is 10.2. The minimum absolute atomic E-state index is 0.0749. The van der Waals surface area contributed by atoms with Crippen LogP contribution in [0.15, 0.2) is 47.0 Å². The van der Waals surface area contributed by atoms with Crippen LogP contribution in [0.25, 0.3) is 22.6 Å². The van der Waals surface area contributed by atoms with Gasteiger partial charge in [-0.2, -0.15) is 0 Å². The second kappa shape index (κ2) is 9.91. The van der Waals surface area contributed by atoms with Crippen molar-refractivity contribution in [1.82, 2.24) is 14.9 Å². The van der Waals surface area contributed by atoms with E-state index in [1.165, 1.54) is 25.0 Å². The number of anilines is 1. The van der Waals surface area contributed by atoms with E-state index in [2.05, 4.69) is 10.3 Å². The molecule has 1 aromatic carbocycles. The van der Waals surface area contributed by atoms with E-state index >= 15 is 0 Å². The number of amides is 1. The molecule has 1 saturated carbocycles. The summed E-state index contributed by atoms with van der Waals surface area (Å²) in [5.74, 6) is 2.59. The van der Waals surface area contributed by atoms with Crippen LogP contribution < -0.4 is 5.32 Å². The molecular weight excluding hydrogens is 459 g/mol. The Morgan fingerprint density at radius 1 is 1.11 bits per heavy atom. The lowest BCUT2D eigenvalue weighted by molar-refractivity contribution is 0.0199. The van der Waals surface area contributed by atoms with Gasteiger partial charge in [0.2, 0.25) is 0 Å². The molecule has 1 saturated heterocycles. The van der Waals surface area contributed by atoms with Crippen LogP contribution >= 0.6 is 0 Å². The van der Waals surface area contributed by atoms with Crippen LogP contribution in [0.4, 0.5) is 15.0 Å². The molecule has 3 heterocycles. The van der Waals surface area contributed by atoms with Crippen molar-refractivity contribution < 1.29 is 18.3 Å². The normalized spacial score (nSPS) is 16.7. The first-order valence-corrected chi connectivity index (χ1v) is 12.7. The summed E-state index contributed by atoms with van der Waals surface area (Å²) in [5.41, 5.74) is 1.81. The molecule has 2 aliphatic rings. The number of carbonyl (C=O) groups is 1. The number of nitrogens with zero attached hydrogens (tertiary/aromatic N) is 3. The molecule has 1 aliphatic heterocycles. The first-order valence-electron chi connectivity index (χ1n) is 12.7. The SMILES string of the molecule is CC(C)(C)OC(=O)N1CCC(c2nc(-c3ccc(F)cc3)c(-c3ccnc(NCC4CC4)c3)o2)CC1. The quantitative estimate of drug-likeness (QED) is 0.424. The molecule has 2 aromatic heterocycles. The molecule has 1 amide bonds. The van der Waals surface area contributed by atoms with E-state index in [4.69, 9.17) is 14.1 Å². The number of hydrogen-bond donors (Lipinski definition) is 1. The highest BCUT2D eigenvalue weighted by molar-refractivity contribution is 5.78. The smallest absolute Gasteiger partial charge is 0.410 e. The van der Waals surface area contributed by atoms with E-state index in [1.807, 2.05) is 32.9 Å². The predicted molar refractivity (Wildman–Crippen MR) is 136 cm³/mol. The molecule has 8 heteroatoms. The van der Waals surface area contributed by atoms with Crippen LogP contribution in [0.5, 0.6) is 0 Å². The Kier molecular flexibility index (Phi) is 6.69. The standard InChI is InChI=1S/C28H33FN4O3/c1-28(2,3)36-27(34)33-14-11-20(12-15-33)26-32-24(19-6-8-22(29)9-7-19)25(35-26)21-10-13-30-23(16-21)31-17-18-4-5-18/h6-10,13,16,18,20H,4-5,11-12,14-15,17H2,1-3H3,(H,30,31). The first kappa shape index (κ1) is 24.3. The molecule has 0 atom stereocenters.